The van der Waals surface area contributed by atoms with Crippen molar-refractivity contribution in [3.05, 3.63) is 59.9 Å². The van der Waals surface area contributed by atoms with E-state index in [4.69, 9.17) is 9.47 Å². The maximum absolute atomic E-state index is 12.0. The minimum atomic E-state index is -0.539. The topological polar surface area (TPSA) is 60.5 Å². The van der Waals surface area contributed by atoms with Crippen molar-refractivity contribution in [1.82, 2.24) is 10.3 Å². The molecule has 0 amide bonds. The number of esters is 1. The summed E-state index contributed by atoms with van der Waals surface area (Å²) in [5.41, 5.74) is 1.68. The standard InChI is InChI=1S/C16H18N2O3/c1-20-14-8-6-12(7-9-14)15(16(19)21-2)18-11-13-5-3-4-10-17-13/h3-10,15,18H,11H2,1-2H3. The van der Waals surface area contributed by atoms with Crippen molar-refractivity contribution in [1.29, 1.82) is 0 Å². The average Bonchev–Trinajstić information content (AvgIpc) is 2.56. The second-order valence-electron chi connectivity index (χ2n) is 4.43. The summed E-state index contributed by atoms with van der Waals surface area (Å²) >= 11 is 0. The molecule has 2 rings (SSSR count). The number of carbonyl (C=O) groups is 1. The number of benzene rings is 1. The quantitative estimate of drug-likeness (QED) is 0.824. The molecule has 0 aliphatic carbocycles. The first-order valence-electron chi connectivity index (χ1n) is 6.59. The summed E-state index contributed by atoms with van der Waals surface area (Å²) in [5.74, 6) is 0.406. The van der Waals surface area contributed by atoms with E-state index >= 15 is 0 Å². The summed E-state index contributed by atoms with van der Waals surface area (Å²) in [6.45, 7) is 0.479. The number of aromatic nitrogens is 1. The van der Waals surface area contributed by atoms with Gasteiger partial charge < -0.3 is 9.47 Å². The Morgan fingerprint density at radius 2 is 1.95 bits per heavy atom. The van der Waals surface area contributed by atoms with E-state index in [9.17, 15) is 4.79 Å². The van der Waals surface area contributed by atoms with Crippen molar-refractivity contribution in [2.75, 3.05) is 14.2 Å². The van der Waals surface area contributed by atoms with Crippen LogP contribution in [0.5, 0.6) is 5.75 Å². The zero-order chi connectivity index (χ0) is 15.1. The summed E-state index contributed by atoms with van der Waals surface area (Å²) in [5, 5.41) is 3.16. The van der Waals surface area contributed by atoms with Crippen LogP contribution in [0.15, 0.2) is 48.7 Å². The smallest absolute Gasteiger partial charge is 0.327 e. The Labute approximate surface area is 123 Å². The normalized spacial score (nSPS) is 11.7. The molecule has 1 heterocycles. The molecule has 0 radical (unpaired) electrons. The Bertz CT molecular complexity index is 570. The van der Waals surface area contributed by atoms with Crippen molar-refractivity contribution in [2.24, 2.45) is 0 Å². The Morgan fingerprint density at radius 3 is 2.52 bits per heavy atom. The second kappa shape index (κ2) is 7.40. The van der Waals surface area contributed by atoms with Gasteiger partial charge in [-0.25, -0.2) is 4.79 Å². The van der Waals surface area contributed by atoms with E-state index in [1.54, 1.807) is 13.3 Å². The molecule has 0 spiro atoms. The molecule has 5 nitrogen and oxygen atoms in total. The summed E-state index contributed by atoms with van der Waals surface area (Å²) in [6.07, 6.45) is 1.72. The third-order valence-corrected chi connectivity index (χ3v) is 3.10. The minimum Gasteiger partial charge on any atom is -0.497 e. The van der Waals surface area contributed by atoms with Gasteiger partial charge in [0.15, 0.2) is 0 Å². The molecule has 1 N–H and O–H groups in total. The molecule has 0 saturated carbocycles. The Kier molecular flexibility index (Phi) is 5.29. The second-order valence-corrected chi connectivity index (χ2v) is 4.43. The van der Waals surface area contributed by atoms with Crippen LogP contribution in [-0.2, 0) is 16.1 Å². The van der Waals surface area contributed by atoms with Crippen LogP contribution in [0.4, 0.5) is 0 Å². The van der Waals surface area contributed by atoms with Gasteiger partial charge in [0.1, 0.15) is 11.8 Å². The zero-order valence-electron chi connectivity index (χ0n) is 12.1. The molecular formula is C16H18N2O3. The van der Waals surface area contributed by atoms with Crippen LogP contribution in [0.2, 0.25) is 0 Å². The van der Waals surface area contributed by atoms with Crippen LogP contribution in [-0.4, -0.2) is 25.2 Å². The fraction of sp³-hybridized carbons (Fsp3) is 0.250. The molecule has 0 aliphatic rings. The highest BCUT2D eigenvalue weighted by atomic mass is 16.5. The number of nitrogens with zero attached hydrogens (tertiary/aromatic N) is 1. The number of ether oxygens (including phenoxy) is 2. The minimum absolute atomic E-state index is 0.337. The largest absolute Gasteiger partial charge is 0.497 e. The van der Waals surface area contributed by atoms with Crippen LogP contribution in [0, 0.1) is 0 Å². The highest BCUT2D eigenvalue weighted by molar-refractivity contribution is 5.77. The Hall–Kier alpha value is -2.40. The van der Waals surface area contributed by atoms with E-state index in [1.807, 2.05) is 42.5 Å². The van der Waals surface area contributed by atoms with Crippen LogP contribution in [0.3, 0.4) is 0 Å². The molecule has 110 valence electrons. The van der Waals surface area contributed by atoms with Crippen molar-refractivity contribution in [3.8, 4) is 5.75 Å². The first kappa shape index (κ1) is 15.0. The predicted molar refractivity (Wildman–Crippen MR) is 78.8 cm³/mol. The number of pyridine rings is 1. The predicted octanol–water partition coefficient (Wildman–Crippen LogP) is 2.09. The Morgan fingerprint density at radius 1 is 1.19 bits per heavy atom. The molecule has 0 fully saturated rings. The van der Waals surface area contributed by atoms with Gasteiger partial charge in [0.2, 0.25) is 0 Å². The Balaban J connectivity index is 2.12. The van der Waals surface area contributed by atoms with Crippen LogP contribution >= 0.6 is 0 Å². The number of methoxy groups -OCH3 is 2. The number of carbonyl (C=O) groups excluding carboxylic acids is 1. The average molecular weight is 286 g/mol. The van der Waals surface area contributed by atoms with E-state index in [1.165, 1.54) is 7.11 Å². The molecule has 21 heavy (non-hydrogen) atoms. The molecule has 5 heteroatoms. The van der Waals surface area contributed by atoms with E-state index in [-0.39, 0.29) is 5.97 Å². The van der Waals surface area contributed by atoms with Gasteiger partial charge in [-0.2, -0.15) is 0 Å². The maximum Gasteiger partial charge on any atom is 0.327 e. The molecule has 0 aliphatic heterocycles. The SMILES string of the molecule is COC(=O)C(NCc1ccccn1)c1ccc(OC)cc1. The van der Waals surface area contributed by atoms with E-state index in [0.717, 1.165) is 17.0 Å². The lowest BCUT2D eigenvalue weighted by Crippen LogP contribution is -2.29. The van der Waals surface area contributed by atoms with E-state index in [2.05, 4.69) is 10.3 Å². The first-order valence-corrected chi connectivity index (χ1v) is 6.59. The summed E-state index contributed by atoms with van der Waals surface area (Å²) in [4.78, 5) is 16.2. The van der Waals surface area contributed by atoms with Gasteiger partial charge in [0, 0.05) is 12.7 Å². The molecule has 2 aromatic rings. The van der Waals surface area contributed by atoms with Crippen LogP contribution in [0.25, 0.3) is 0 Å². The highest BCUT2D eigenvalue weighted by Gasteiger charge is 2.20. The molecule has 1 unspecified atom stereocenters. The number of hydrogen-bond acceptors (Lipinski definition) is 5. The molecule has 0 bridgehead atoms. The number of nitrogens with one attached hydrogen (secondary N) is 1. The van der Waals surface area contributed by atoms with Crippen molar-refractivity contribution >= 4 is 5.97 Å². The lowest BCUT2D eigenvalue weighted by Gasteiger charge is -2.17. The van der Waals surface area contributed by atoms with Gasteiger partial charge in [-0.1, -0.05) is 18.2 Å². The molecule has 0 saturated heterocycles. The van der Waals surface area contributed by atoms with Gasteiger partial charge in [-0.15, -0.1) is 0 Å². The first-order chi connectivity index (χ1) is 10.2. The number of hydrogen-bond donors (Lipinski definition) is 1. The van der Waals surface area contributed by atoms with Crippen LogP contribution in [0.1, 0.15) is 17.3 Å². The van der Waals surface area contributed by atoms with E-state index in [0.29, 0.717) is 6.54 Å². The monoisotopic (exact) mass is 286 g/mol. The van der Waals surface area contributed by atoms with Crippen molar-refractivity contribution in [3.63, 3.8) is 0 Å². The molecular weight excluding hydrogens is 268 g/mol. The summed E-state index contributed by atoms with van der Waals surface area (Å²) in [7, 11) is 2.98. The summed E-state index contributed by atoms with van der Waals surface area (Å²) in [6, 6.07) is 12.4. The van der Waals surface area contributed by atoms with Gasteiger partial charge >= 0.3 is 5.97 Å². The van der Waals surface area contributed by atoms with Gasteiger partial charge in [0.05, 0.1) is 19.9 Å². The van der Waals surface area contributed by atoms with Gasteiger partial charge in [-0.3, -0.25) is 10.3 Å². The van der Waals surface area contributed by atoms with Crippen molar-refractivity contribution in [2.45, 2.75) is 12.6 Å². The zero-order valence-corrected chi connectivity index (χ0v) is 12.1. The third kappa shape index (κ3) is 4.03. The molecule has 1 aromatic heterocycles. The highest BCUT2D eigenvalue weighted by Crippen LogP contribution is 2.19. The summed E-state index contributed by atoms with van der Waals surface area (Å²) < 4.78 is 9.98. The fourth-order valence-electron chi connectivity index (χ4n) is 1.96. The molecule has 1 aromatic carbocycles. The maximum atomic E-state index is 12.0. The lowest BCUT2D eigenvalue weighted by atomic mass is 10.1. The van der Waals surface area contributed by atoms with Crippen molar-refractivity contribution < 1.29 is 14.3 Å². The van der Waals surface area contributed by atoms with Gasteiger partial charge in [-0.05, 0) is 29.8 Å². The number of rotatable bonds is 6. The fourth-order valence-corrected chi connectivity index (χ4v) is 1.96. The molecule has 1 atom stereocenters. The third-order valence-electron chi connectivity index (χ3n) is 3.10. The van der Waals surface area contributed by atoms with E-state index < -0.39 is 6.04 Å². The van der Waals surface area contributed by atoms with Crippen LogP contribution < -0.4 is 10.1 Å². The van der Waals surface area contributed by atoms with Gasteiger partial charge in [0.25, 0.3) is 0 Å². The lowest BCUT2D eigenvalue weighted by molar-refractivity contribution is -0.143.